The van der Waals surface area contributed by atoms with Crippen molar-refractivity contribution in [3.05, 3.63) is 120 Å². The van der Waals surface area contributed by atoms with Crippen molar-refractivity contribution in [1.29, 1.82) is 0 Å². The minimum Gasteiger partial charge on any atom is -0.496 e. The number of rotatable bonds is 9. The van der Waals surface area contributed by atoms with Crippen LogP contribution >= 0.6 is 0 Å². The molecule has 41 heavy (non-hydrogen) atoms. The van der Waals surface area contributed by atoms with Crippen LogP contribution in [0.15, 0.2) is 113 Å². The van der Waals surface area contributed by atoms with Crippen LogP contribution in [0.25, 0.3) is 39.5 Å². The van der Waals surface area contributed by atoms with Crippen LogP contribution in [0.3, 0.4) is 0 Å². The highest BCUT2D eigenvalue weighted by Crippen LogP contribution is 2.43. The Labute approximate surface area is 239 Å². The number of likely N-dealkylation sites (N-methyl/N-ethyl adjacent to an activating group) is 1. The van der Waals surface area contributed by atoms with E-state index in [-0.39, 0.29) is 17.5 Å². The maximum absolute atomic E-state index is 13.6. The molecule has 0 saturated heterocycles. The molecule has 0 radical (unpaired) electrons. The molecule has 6 nitrogen and oxygen atoms in total. The number of furan rings is 1. The number of methoxy groups -OCH3 is 1. The van der Waals surface area contributed by atoms with Gasteiger partial charge in [0.2, 0.25) is 0 Å². The summed E-state index contributed by atoms with van der Waals surface area (Å²) < 4.78 is 12.2. The summed E-state index contributed by atoms with van der Waals surface area (Å²) in [6.07, 6.45) is 1.68. The van der Waals surface area contributed by atoms with Gasteiger partial charge in [-0.15, -0.1) is 0 Å². The third kappa shape index (κ3) is 5.77. The lowest BCUT2D eigenvalue weighted by Crippen LogP contribution is -2.38. The molecule has 0 fully saturated rings. The molecule has 5 aromatic rings. The van der Waals surface area contributed by atoms with Gasteiger partial charge in [-0.25, -0.2) is 0 Å². The quantitative estimate of drug-likeness (QED) is 0.196. The molecule has 0 saturated carbocycles. The summed E-state index contributed by atoms with van der Waals surface area (Å²) in [5.41, 5.74) is 4.81. The predicted octanol–water partition coefficient (Wildman–Crippen LogP) is 7.41. The van der Waals surface area contributed by atoms with Crippen molar-refractivity contribution >= 4 is 28.9 Å². The Morgan fingerprint density at radius 3 is 2.00 bits per heavy atom. The van der Waals surface area contributed by atoms with Crippen molar-refractivity contribution in [2.24, 2.45) is 0 Å². The van der Waals surface area contributed by atoms with Gasteiger partial charge in [0, 0.05) is 46.8 Å². The van der Waals surface area contributed by atoms with Crippen molar-refractivity contribution in [2.75, 3.05) is 20.2 Å². The van der Waals surface area contributed by atoms with Crippen LogP contribution < -0.4 is 10.1 Å². The van der Waals surface area contributed by atoms with Crippen LogP contribution in [-0.2, 0) is 4.79 Å². The van der Waals surface area contributed by atoms with E-state index in [4.69, 9.17) is 9.15 Å². The van der Waals surface area contributed by atoms with E-state index >= 15 is 0 Å². The summed E-state index contributed by atoms with van der Waals surface area (Å²) in [5, 5.41) is 3.73. The maximum atomic E-state index is 13.6. The molecule has 0 spiro atoms. The third-order valence-corrected chi connectivity index (χ3v) is 7.00. The third-order valence-electron chi connectivity index (χ3n) is 7.00. The smallest absolute Gasteiger partial charge is 0.270 e. The van der Waals surface area contributed by atoms with E-state index in [1.807, 2.05) is 92.7 Å². The van der Waals surface area contributed by atoms with Gasteiger partial charge in [0.25, 0.3) is 11.8 Å². The second-order valence-corrected chi connectivity index (χ2v) is 9.48. The van der Waals surface area contributed by atoms with Gasteiger partial charge >= 0.3 is 0 Å². The topological polar surface area (TPSA) is 71.8 Å². The summed E-state index contributed by atoms with van der Waals surface area (Å²) in [7, 11) is 1.58. The van der Waals surface area contributed by atoms with E-state index in [0.717, 1.165) is 27.8 Å². The molecule has 5 rings (SSSR count). The first-order valence-electron chi connectivity index (χ1n) is 13.7. The largest absolute Gasteiger partial charge is 0.496 e. The molecule has 2 amide bonds. The molecule has 6 heteroatoms. The van der Waals surface area contributed by atoms with Crippen molar-refractivity contribution in [3.63, 3.8) is 0 Å². The summed E-state index contributed by atoms with van der Waals surface area (Å²) >= 11 is 0. The van der Waals surface area contributed by atoms with Gasteiger partial charge in [0.1, 0.15) is 22.8 Å². The van der Waals surface area contributed by atoms with Crippen LogP contribution in [0.2, 0.25) is 0 Å². The van der Waals surface area contributed by atoms with Crippen molar-refractivity contribution in [1.82, 2.24) is 10.2 Å². The number of amides is 2. The van der Waals surface area contributed by atoms with E-state index in [1.165, 1.54) is 0 Å². The van der Waals surface area contributed by atoms with E-state index in [2.05, 4.69) is 5.32 Å². The average Bonchev–Trinajstić information content (AvgIpc) is 3.40. The minimum atomic E-state index is -0.364. The number of ether oxygens (including phenoxy) is 1. The number of carbonyl (C=O) groups is 2. The first kappa shape index (κ1) is 27.5. The number of hydrogen-bond acceptors (Lipinski definition) is 4. The minimum absolute atomic E-state index is 0.160. The van der Waals surface area contributed by atoms with Crippen LogP contribution in [-0.4, -0.2) is 36.9 Å². The fraction of sp³-hybridized carbons (Fsp3) is 0.143. The number of hydrogen-bond donors (Lipinski definition) is 1. The lowest BCUT2D eigenvalue weighted by molar-refractivity contribution is -0.127. The zero-order valence-electron chi connectivity index (χ0n) is 23.4. The van der Waals surface area contributed by atoms with Gasteiger partial charge in [-0.05, 0) is 43.7 Å². The molecule has 1 aromatic heterocycles. The standard InChI is InChI=1S/C35H32N2O4/c1-4-37(5-2)35(39)29(36-34(38)26-19-13-8-14-20-26)22-27-21-28-31(23-30(27)40-3)41-33(25-17-11-7-12-18-25)32(28)24-15-9-6-10-16-24/h6-23H,4-5H2,1-3H3,(H,36,38)/b29-22-. The van der Waals surface area contributed by atoms with Crippen molar-refractivity contribution in [3.8, 4) is 28.2 Å². The monoisotopic (exact) mass is 544 g/mol. The van der Waals surface area contributed by atoms with Gasteiger partial charge in [-0.1, -0.05) is 78.9 Å². The van der Waals surface area contributed by atoms with Gasteiger partial charge in [-0.3, -0.25) is 9.59 Å². The molecule has 1 heterocycles. The Hall–Kier alpha value is -5.10. The SMILES string of the molecule is CCN(CC)C(=O)/C(=C/c1cc2c(-c3ccccc3)c(-c3ccccc3)oc2cc1OC)NC(=O)c1ccccc1. The molecule has 1 N–H and O–H groups in total. The van der Waals surface area contributed by atoms with Crippen LogP contribution in [0.5, 0.6) is 5.75 Å². The highest BCUT2D eigenvalue weighted by atomic mass is 16.5. The highest BCUT2D eigenvalue weighted by Gasteiger charge is 2.22. The normalized spacial score (nSPS) is 11.3. The molecule has 0 aliphatic rings. The molecule has 0 unspecified atom stereocenters. The fourth-order valence-corrected chi connectivity index (χ4v) is 4.89. The van der Waals surface area contributed by atoms with Crippen LogP contribution in [0.4, 0.5) is 0 Å². The van der Waals surface area contributed by atoms with Crippen molar-refractivity contribution in [2.45, 2.75) is 13.8 Å². The molecule has 4 aromatic carbocycles. The van der Waals surface area contributed by atoms with Gasteiger partial charge in [0.05, 0.1) is 7.11 Å². The van der Waals surface area contributed by atoms with Gasteiger partial charge in [0.15, 0.2) is 0 Å². The number of fused-ring (bicyclic) bond motifs is 1. The van der Waals surface area contributed by atoms with E-state index < -0.39 is 0 Å². The molecule has 206 valence electrons. The second kappa shape index (κ2) is 12.4. The second-order valence-electron chi connectivity index (χ2n) is 9.48. The van der Waals surface area contributed by atoms with E-state index in [9.17, 15) is 9.59 Å². The Bertz CT molecular complexity index is 1690. The molecule has 0 aliphatic carbocycles. The summed E-state index contributed by atoms with van der Waals surface area (Å²) in [5.74, 6) is 0.620. The Balaban J connectivity index is 1.70. The summed E-state index contributed by atoms with van der Waals surface area (Å²) in [6, 6.07) is 32.6. The Morgan fingerprint density at radius 2 is 1.41 bits per heavy atom. The lowest BCUT2D eigenvalue weighted by Gasteiger charge is -2.21. The molecule has 0 aliphatic heterocycles. The number of benzene rings is 4. The molecule has 0 bridgehead atoms. The fourth-order valence-electron chi connectivity index (χ4n) is 4.89. The molecular weight excluding hydrogens is 512 g/mol. The van der Waals surface area contributed by atoms with Crippen LogP contribution in [0.1, 0.15) is 29.8 Å². The van der Waals surface area contributed by atoms with Crippen molar-refractivity contribution < 1.29 is 18.7 Å². The number of carbonyl (C=O) groups excluding carboxylic acids is 2. The average molecular weight is 545 g/mol. The molecule has 0 atom stereocenters. The van der Waals surface area contributed by atoms with Gasteiger partial charge in [-0.2, -0.15) is 0 Å². The first-order valence-corrected chi connectivity index (χ1v) is 13.7. The highest BCUT2D eigenvalue weighted by molar-refractivity contribution is 6.07. The van der Waals surface area contributed by atoms with E-state index in [1.54, 1.807) is 42.4 Å². The number of nitrogens with zero attached hydrogens (tertiary/aromatic N) is 1. The Morgan fingerprint density at radius 1 is 0.829 bits per heavy atom. The summed E-state index contributed by atoms with van der Waals surface area (Å²) in [6.45, 7) is 4.83. The first-order chi connectivity index (χ1) is 20.0. The predicted molar refractivity (Wildman–Crippen MR) is 163 cm³/mol. The number of nitrogens with one attached hydrogen (secondary N) is 1. The van der Waals surface area contributed by atoms with E-state index in [0.29, 0.717) is 35.5 Å². The maximum Gasteiger partial charge on any atom is 0.270 e. The Kier molecular flexibility index (Phi) is 8.30. The zero-order valence-corrected chi connectivity index (χ0v) is 23.4. The van der Waals surface area contributed by atoms with Gasteiger partial charge < -0.3 is 19.4 Å². The summed E-state index contributed by atoms with van der Waals surface area (Å²) in [4.78, 5) is 28.4. The van der Waals surface area contributed by atoms with Crippen LogP contribution in [0, 0.1) is 0 Å². The lowest BCUT2D eigenvalue weighted by atomic mass is 9.97. The zero-order chi connectivity index (χ0) is 28.8. The molecular formula is C35H32N2O4.